The van der Waals surface area contributed by atoms with Gasteiger partial charge in [-0.1, -0.05) is 26.8 Å². The monoisotopic (exact) mass is 498 g/mol. The second-order valence-corrected chi connectivity index (χ2v) is 11.7. The van der Waals surface area contributed by atoms with Crippen molar-refractivity contribution >= 4 is 28.6 Å². The summed E-state index contributed by atoms with van der Waals surface area (Å²) in [6.45, 7) is 8.95. The number of rotatable bonds is 9. The molecule has 1 saturated carbocycles. The summed E-state index contributed by atoms with van der Waals surface area (Å²) in [4.78, 5) is 48.7. The van der Waals surface area contributed by atoms with Gasteiger partial charge in [0.1, 0.15) is 11.3 Å². The topological polar surface area (TPSA) is 95.2 Å². The normalized spacial score (nSPS) is 21.6. The third kappa shape index (κ3) is 6.13. The number of hydrogen-bond donors (Lipinski definition) is 2. The number of para-hydroxylation sites is 1. The van der Waals surface area contributed by atoms with Crippen molar-refractivity contribution in [2.75, 3.05) is 6.54 Å². The number of H-pyrrole nitrogens is 1. The van der Waals surface area contributed by atoms with E-state index in [0.29, 0.717) is 30.2 Å². The molecule has 2 fully saturated rings. The SMILES string of the molecule is C[C@@H](CC(=O)[C@H](CC(=O)N1CCCC[C@@H]1C)NC(=O)CC1CC(C)(C)C1)c1nc2c(F)cccc2[nH]1. The molecular formula is C28H39FN4O3. The molecule has 2 aliphatic rings. The minimum absolute atomic E-state index is 0.0352. The number of Topliss-reactive ketones (excluding diaryl/α,β-unsaturated/α-hetero) is 1. The summed E-state index contributed by atoms with van der Waals surface area (Å²) >= 11 is 0. The van der Waals surface area contributed by atoms with Crippen LogP contribution in [-0.4, -0.2) is 51.1 Å². The Morgan fingerprint density at radius 2 is 1.97 bits per heavy atom. The van der Waals surface area contributed by atoms with Gasteiger partial charge in [-0.25, -0.2) is 9.37 Å². The molecule has 2 aromatic rings. The largest absolute Gasteiger partial charge is 0.346 e. The van der Waals surface area contributed by atoms with Crippen molar-refractivity contribution in [2.45, 2.75) is 97.1 Å². The number of carbonyl (C=O) groups excluding carboxylic acids is 3. The minimum Gasteiger partial charge on any atom is -0.346 e. The molecule has 36 heavy (non-hydrogen) atoms. The maximum absolute atomic E-state index is 14.1. The second-order valence-electron chi connectivity index (χ2n) is 11.7. The van der Waals surface area contributed by atoms with Crippen molar-refractivity contribution in [1.29, 1.82) is 0 Å². The molecule has 1 aliphatic carbocycles. The number of imidazole rings is 1. The summed E-state index contributed by atoms with van der Waals surface area (Å²) < 4.78 is 14.1. The summed E-state index contributed by atoms with van der Waals surface area (Å²) in [6.07, 6.45) is 5.41. The van der Waals surface area contributed by atoms with Gasteiger partial charge in [-0.3, -0.25) is 14.4 Å². The summed E-state index contributed by atoms with van der Waals surface area (Å²) in [6, 6.07) is 3.96. The number of fused-ring (bicyclic) bond motifs is 1. The Labute approximate surface area is 212 Å². The lowest BCUT2D eigenvalue weighted by atomic mass is 9.63. The van der Waals surface area contributed by atoms with Crippen LogP contribution < -0.4 is 5.32 Å². The van der Waals surface area contributed by atoms with E-state index in [1.807, 2.05) is 18.7 Å². The molecule has 196 valence electrons. The molecule has 4 rings (SSSR count). The minimum atomic E-state index is -0.879. The smallest absolute Gasteiger partial charge is 0.225 e. The lowest BCUT2D eigenvalue weighted by Gasteiger charge is -2.42. The second kappa shape index (κ2) is 10.7. The molecule has 2 amide bonds. The first kappa shape index (κ1) is 26.3. The maximum atomic E-state index is 14.1. The standard InChI is InChI=1S/C28H39FN4O3/c1-17(27-31-21-10-7-9-20(29)26(21)32-27)12-23(34)22(14-25(36)33-11-6-5-8-18(33)2)30-24(35)13-19-15-28(3,4)16-19/h7,9-10,17-19,22H,5-6,8,11-16H2,1-4H3,(H,30,35)(H,31,32)/t17-,18-,22-/m0/s1. The predicted molar refractivity (Wildman–Crippen MR) is 137 cm³/mol. The van der Waals surface area contributed by atoms with Gasteiger partial charge in [0, 0.05) is 31.3 Å². The third-order valence-corrected chi connectivity index (χ3v) is 7.84. The molecule has 1 aromatic carbocycles. The summed E-state index contributed by atoms with van der Waals surface area (Å²) in [5.74, 6) is -0.377. The Hall–Kier alpha value is -2.77. The van der Waals surface area contributed by atoms with Crippen LogP contribution in [-0.2, 0) is 14.4 Å². The highest BCUT2D eigenvalue weighted by Crippen LogP contribution is 2.46. The number of likely N-dealkylation sites (tertiary alicyclic amines) is 1. The fourth-order valence-corrected chi connectivity index (χ4v) is 5.96. The van der Waals surface area contributed by atoms with Crippen LogP contribution in [0.3, 0.4) is 0 Å². The molecule has 0 spiro atoms. The fourth-order valence-electron chi connectivity index (χ4n) is 5.96. The van der Waals surface area contributed by atoms with E-state index in [4.69, 9.17) is 0 Å². The van der Waals surface area contributed by atoms with E-state index >= 15 is 0 Å². The Morgan fingerprint density at radius 1 is 1.22 bits per heavy atom. The van der Waals surface area contributed by atoms with Crippen molar-refractivity contribution in [1.82, 2.24) is 20.2 Å². The molecule has 2 N–H and O–H groups in total. The van der Waals surface area contributed by atoms with Crippen LogP contribution in [0.1, 0.15) is 90.8 Å². The Kier molecular flexibility index (Phi) is 7.81. The van der Waals surface area contributed by atoms with Crippen molar-refractivity contribution in [2.24, 2.45) is 11.3 Å². The number of carbonyl (C=O) groups is 3. The summed E-state index contributed by atoms with van der Waals surface area (Å²) in [5.41, 5.74) is 1.09. The first-order chi connectivity index (χ1) is 17.0. The van der Waals surface area contributed by atoms with Crippen LogP contribution in [0.4, 0.5) is 4.39 Å². The van der Waals surface area contributed by atoms with Gasteiger partial charge < -0.3 is 15.2 Å². The van der Waals surface area contributed by atoms with Gasteiger partial charge >= 0.3 is 0 Å². The fraction of sp³-hybridized carbons (Fsp3) is 0.643. The number of piperidine rings is 1. The van der Waals surface area contributed by atoms with Gasteiger partial charge in [0.25, 0.3) is 0 Å². The van der Waals surface area contributed by atoms with Crippen molar-refractivity contribution < 1.29 is 18.8 Å². The van der Waals surface area contributed by atoms with Crippen molar-refractivity contribution in [3.05, 3.63) is 29.8 Å². The van der Waals surface area contributed by atoms with E-state index in [1.54, 1.807) is 12.1 Å². The van der Waals surface area contributed by atoms with Gasteiger partial charge in [-0.2, -0.15) is 0 Å². The predicted octanol–water partition coefficient (Wildman–Crippen LogP) is 4.87. The van der Waals surface area contributed by atoms with Crippen molar-refractivity contribution in [3.8, 4) is 0 Å². The number of amides is 2. The lowest BCUT2D eigenvalue weighted by Crippen LogP contribution is -2.49. The molecule has 7 nitrogen and oxygen atoms in total. The number of aromatic nitrogens is 2. The molecule has 3 atom stereocenters. The molecule has 1 saturated heterocycles. The number of aromatic amines is 1. The molecular weight excluding hydrogens is 459 g/mol. The summed E-state index contributed by atoms with van der Waals surface area (Å²) in [5, 5.41) is 2.89. The first-order valence-electron chi connectivity index (χ1n) is 13.3. The summed E-state index contributed by atoms with van der Waals surface area (Å²) in [7, 11) is 0. The Morgan fingerprint density at radius 3 is 2.64 bits per heavy atom. The molecule has 1 aliphatic heterocycles. The van der Waals surface area contributed by atoms with Gasteiger partial charge in [0.15, 0.2) is 11.6 Å². The van der Waals surface area contributed by atoms with Crippen LogP contribution in [0.5, 0.6) is 0 Å². The molecule has 0 bridgehead atoms. The highest BCUT2D eigenvalue weighted by Gasteiger charge is 2.38. The van der Waals surface area contributed by atoms with Gasteiger partial charge in [0.2, 0.25) is 11.8 Å². The number of nitrogens with one attached hydrogen (secondary N) is 2. The highest BCUT2D eigenvalue weighted by atomic mass is 19.1. The quantitative estimate of drug-likeness (QED) is 0.516. The first-order valence-corrected chi connectivity index (χ1v) is 13.3. The van der Waals surface area contributed by atoms with E-state index in [9.17, 15) is 18.8 Å². The average Bonchev–Trinajstić information content (AvgIpc) is 3.23. The number of nitrogens with zero attached hydrogens (tertiary/aromatic N) is 2. The van der Waals surface area contributed by atoms with Gasteiger partial charge in [-0.15, -0.1) is 0 Å². The van der Waals surface area contributed by atoms with Crippen LogP contribution in [0.15, 0.2) is 18.2 Å². The van der Waals surface area contributed by atoms with E-state index in [0.717, 1.165) is 32.1 Å². The molecule has 0 unspecified atom stereocenters. The number of hydrogen-bond acceptors (Lipinski definition) is 4. The zero-order chi connectivity index (χ0) is 26.0. The van der Waals surface area contributed by atoms with E-state index < -0.39 is 11.9 Å². The van der Waals surface area contributed by atoms with Gasteiger partial charge in [0.05, 0.1) is 18.0 Å². The van der Waals surface area contributed by atoms with Crippen LogP contribution >= 0.6 is 0 Å². The molecule has 2 heterocycles. The van der Waals surface area contributed by atoms with Crippen molar-refractivity contribution in [3.63, 3.8) is 0 Å². The highest BCUT2D eigenvalue weighted by molar-refractivity contribution is 5.93. The van der Waals surface area contributed by atoms with Crippen LogP contribution in [0.25, 0.3) is 11.0 Å². The molecule has 8 heteroatoms. The average molecular weight is 499 g/mol. The number of halogens is 1. The molecule has 0 radical (unpaired) electrons. The van der Waals surface area contributed by atoms with E-state index in [1.165, 1.54) is 6.07 Å². The molecule has 1 aromatic heterocycles. The van der Waals surface area contributed by atoms with Crippen LogP contribution in [0, 0.1) is 17.2 Å². The Balaban J connectivity index is 1.44. The maximum Gasteiger partial charge on any atom is 0.225 e. The van der Waals surface area contributed by atoms with E-state index in [2.05, 4.69) is 29.1 Å². The Bertz CT molecular complexity index is 1120. The number of ketones is 1. The van der Waals surface area contributed by atoms with E-state index in [-0.39, 0.29) is 53.3 Å². The van der Waals surface area contributed by atoms with Gasteiger partial charge in [-0.05, 0) is 62.5 Å². The number of benzene rings is 1. The third-order valence-electron chi connectivity index (χ3n) is 7.84. The van der Waals surface area contributed by atoms with Crippen LogP contribution in [0.2, 0.25) is 0 Å². The zero-order valence-corrected chi connectivity index (χ0v) is 21.9. The lowest BCUT2D eigenvalue weighted by molar-refractivity contribution is -0.138. The zero-order valence-electron chi connectivity index (χ0n) is 21.9.